The summed E-state index contributed by atoms with van der Waals surface area (Å²) in [5.41, 5.74) is -0.734. The first kappa shape index (κ1) is 19.3. The number of carbonyl (C=O) groups excluding carboxylic acids is 1. The van der Waals surface area contributed by atoms with E-state index in [1.807, 2.05) is 0 Å². The Morgan fingerprint density at radius 2 is 2.00 bits per heavy atom. The van der Waals surface area contributed by atoms with Crippen molar-refractivity contribution in [2.75, 3.05) is 4.90 Å². The van der Waals surface area contributed by atoms with E-state index in [1.54, 1.807) is 30.3 Å². The Morgan fingerprint density at radius 3 is 2.71 bits per heavy atom. The first-order valence-electron chi connectivity index (χ1n) is 7.98. The average Bonchev–Trinajstić information content (AvgIpc) is 2.99. The van der Waals surface area contributed by atoms with Gasteiger partial charge in [0.25, 0.3) is 5.91 Å². The van der Waals surface area contributed by atoms with Gasteiger partial charge in [-0.3, -0.25) is 9.59 Å². The molecule has 1 unspecified atom stereocenters. The molecule has 1 atom stereocenters. The van der Waals surface area contributed by atoms with Gasteiger partial charge in [-0.05, 0) is 37.3 Å². The van der Waals surface area contributed by atoms with Crippen molar-refractivity contribution in [1.82, 2.24) is 4.98 Å². The van der Waals surface area contributed by atoms with Crippen LogP contribution in [0.5, 0.6) is 5.75 Å². The lowest BCUT2D eigenvalue weighted by atomic mass is 9.97. The average molecular weight is 458 g/mol. The van der Waals surface area contributed by atoms with E-state index in [2.05, 4.69) is 4.98 Å². The van der Waals surface area contributed by atoms with E-state index in [9.17, 15) is 14.7 Å². The molecule has 0 fully saturated rings. The molecule has 2 heterocycles. The summed E-state index contributed by atoms with van der Waals surface area (Å²) in [6, 6.07) is 8.02. The second-order valence-electron chi connectivity index (χ2n) is 6.39. The number of carboxylic acid groups (broad SMARTS) is 1. The highest BCUT2D eigenvalue weighted by atomic mass is 35.5. The minimum atomic E-state index is -1.61. The second kappa shape index (κ2) is 6.77. The first-order valence-corrected chi connectivity index (χ1v) is 9.93. The van der Waals surface area contributed by atoms with Gasteiger partial charge in [-0.15, -0.1) is 0 Å². The molecule has 0 radical (unpaired) electrons. The number of aromatic nitrogens is 1. The number of thiazole rings is 1. The smallest absolute Gasteiger partial charge is 0.307 e. The Labute approximate surface area is 178 Å². The summed E-state index contributed by atoms with van der Waals surface area (Å²) < 4.78 is 6.46. The summed E-state index contributed by atoms with van der Waals surface area (Å²) in [5, 5.41) is 10.8. The molecule has 144 valence electrons. The van der Waals surface area contributed by atoms with Crippen LogP contribution in [0.3, 0.4) is 0 Å². The van der Waals surface area contributed by atoms with Crippen molar-refractivity contribution in [2.45, 2.75) is 18.9 Å². The predicted octanol–water partition coefficient (Wildman–Crippen LogP) is 5.55. The Balaban J connectivity index is 1.93. The molecule has 1 amide bonds. The summed E-state index contributed by atoms with van der Waals surface area (Å²) in [5.74, 6) is -1.39. The van der Waals surface area contributed by atoms with Crippen LogP contribution in [0.15, 0.2) is 30.3 Å². The zero-order valence-electron chi connectivity index (χ0n) is 14.2. The summed E-state index contributed by atoms with van der Waals surface area (Å²) >= 11 is 19.6. The number of hydrogen-bond donors (Lipinski definition) is 1. The lowest BCUT2D eigenvalue weighted by Crippen LogP contribution is -2.53. The normalized spacial score (nSPS) is 18.9. The fraction of sp³-hybridized carbons (Fsp3) is 0.167. The molecule has 1 aromatic heterocycles. The molecular weight excluding hydrogens is 447 g/mol. The maximum atomic E-state index is 13.3. The molecule has 6 nitrogen and oxygen atoms in total. The maximum absolute atomic E-state index is 13.3. The highest BCUT2D eigenvalue weighted by Gasteiger charge is 2.48. The summed E-state index contributed by atoms with van der Waals surface area (Å²) in [7, 11) is 0. The van der Waals surface area contributed by atoms with E-state index in [0.717, 1.165) is 0 Å². The van der Waals surface area contributed by atoms with Crippen molar-refractivity contribution in [1.29, 1.82) is 0 Å². The maximum Gasteiger partial charge on any atom is 0.307 e. The van der Waals surface area contributed by atoms with E-state index < -0.39 is 23.9 Å². The van der Waals surface area contributed by atoms with Gasteiger partial charge in [-0.2, -0.15) is 0 Å². The number of nitrogens with zero attached hydrogens (tertiary/aromatic N) is 2. The van der Waals surface area contributed by atoms with E-state index in [4.69, 9.17) is 39.5 Å². The number of benzene rings is 2. The zero-order chi connectivity index (χ0) is 20.2. The summed E-state index contributed by atoms with van der Waals surface area (Å²) in [4.78, 5) is 30.4. The van der Waals surface area contributed by atoms with E-state index in [1.165, 1.54) is 23.2 Å². The monoisotopic (exact) mass is 456 g/mol. The molecule has 0 spiro atoms. The minimum Gasteiger partial charge on any atom is -0.481 e. The van der Waals surface area contributed by atoms with Crippen molar-refractivity contribution >= 4 is 79.1 Å². The van der Waals surface area contributed by atoms with Crippen molar-refractivity contribution in [3.8, 4) is 5.75 Å². The number of carbonyl (C=O) groups is 2. The largest absolute Gasteiger partial charge is 0.481 e. The van der Waals surface area contributed by atoms with Gasteiger partial charge >= 0.3 is 5.97 Å². The second-order valence-corrected chi connectivity index (χ2v) is 8.68. The molecule has 10 heteroatoms. The van der Waals surface area contributed by atoms with Crippen LogP contribution in [-0.2, 0) is 9.59 Å². The molecule has 0 bridgehead atoms. The molecule has 0 aliphatic carbocycles. The third-order valence-electron chi connectivity index (χ3n) is 4.23. The Hall–Kier alpha value is -2.06. The van der Waals surface area contributed by atoms with Crippen LogP contribution in [0.4, 0.5) is 10.8 Å². The fourth-order valence-electron chi connectivity index (χ4n) is 3.02. The van der Waals surface area contributed by atoms with Gasteiger partial charge in [0.15, 0.2) is 10.7 Å². The number of carboxylic acids is 1. The molecule has 28 heavy (non-hydrogen) atoms. The summed E-state index contributed by atoms with van der Waals surface area (Å²) in [6.07, 6.45) is -0.512. The quantitative estimate of drug-likeness (QED) is 0.558. The van der Waals surface area contributed by atoms with Gasteiger partial charge < -0.3 is 9.84 Å². The van der Waals surface area contributed by atoms with Crippen LogP contribution in [0.1, 0.15) is 13.3 Å². The van der Waals surface area contributed by atoms with E-state index in [-0.39, 0.29) is 0 Å². The molecule has 2 aromatic carbocycles. The lowest BCUT2D eigenvalue weighted by molar-refractivity contribution is -0.148. The van der Waals surface area contributed by atoms with Crippen LogP contribution in [0, 0.1) is 0 Å². The lowest BCUT2D eigenvalue weighted by Gasteiger charge is -2.38. The topological polar surface area (TPSA) is 79.7 Å². The van der Waals surface area contributed by atoms with Crippen molar-refractivity contribution in [2.24, 2.45) is 0 Å². The van der Waals surface area contributed by atoms with E-state index >= 15 is 0 Å². The number of halogens is 3. The summed E-state index contributed by atoms with van der Waals surface area (Å²) in [6.45, 7) is 1.44. The van der Waals surface area contributed by atoms with Gasteiger partial charge in [-0.25, -0.2) is 9.88 Å². The number of anilines is 2. The van der Waals surface area contributed by atoms with Crippen LogP contribution >= 0.6 is 46.1 Å². The molecule has 1 N–H and O–H groups in total. The predicted molar refractivity (Wildman–Crippen MR) is 110 cm³/mol. The molecule has 4 rings (SSSR count). The van der Waals surface area contributed by atoms with Crippen LogP contribution in [-0.4, -0.2) is 27.6 Å². The highest BCUT2D eigenvalue weighted by Crippen LogP contribution is 2.46. The fourth-order valence-corrected chi connectivity index (χ4v) is 4.88. The molecule has 3 aromatic rings. The van der Waals surface area contributed by atoms with Crippen molar-refractivity contribution in [3.05, 3.63) is 45.4 Å². The van der Waals surface area contributed by atoms with Gasteiger partial charge in [-0.1, -0.05) is 46.1 Å². The molecule has 1 aliphatic heterocycles. The Kier molecular flexibility index (Phi) is 4.66. The number of aliphatic carboxylic acids is 1. The van der Waals surface area contributed by atoms with Crippen LogP contribution in [0.2, 0.25) is 15.1 Å². The Morgan fingerprint density at radius 1 is 1.25 bits per heavy atom. The van der Waals surface area contributed by atoms with Gasteiger partial charge in [0, 0.05) is 10.0 Å². The van der Waals surface area contributed by atoms with Gasteiger partial charge in [0.2, 0.25) is 0 Å². The minimum absolute atomic E-state index is 0.313. The molecule has 0 saturated heterocycles. The molecule has 1 aliphatic rings. The van der Waals surface area contributed by atoms with Crippen molar-refractivity contribution in [3.63, 3.8) is 0 Å². The third kappa shape index (κ3) is 3.18. The number of rotatable bonds is 3. The van der Waals surface area contributed by atoms with E-state index in [0.29, 0.717) is 41.9 Å². The molecule has 0 saturated carbocycles. The highest BCUT2D eigenvalue weighted by molar-refractivity contribution is 7.22. The molecular formula is C18H11Cl3N2O4S. The van der Waals surface area contributed by atoms with Crippen LogP contribution < -0.4 is 9.64 Å². The third-order valence-corrected chi connectivity index (χ3v) is 5.96. The standard InChI is InChI=1S/C18H11Cl3N2O4S/c1-18(7-14(24)25)16(26)23(11-5-8(19)2-3-12(11)27-18)17-22-15-10(21)4-9(20)6-13(15)28-17/h2-6H,7H2,1H3,(H,24,25). The van der Waals surface area contributed by atoms with Crippen molar-refractivity contribution < 1.29 is 19.4 Å². The first-order chi connectivity index (χ1) is 13.2. The Bertz CT molecular complexity index is 1150. The zero-order valence-corrected chi connectivity index (χ0v) is 17.3. The number of hydrogen-bond acceptors (Lipinski definition) is 5. The van der Waals surface area contributed by atoms with Crippen LogP contribution in [0.25, 0.3) is 10.2 Å². The number of fused-ring (bicyclic) bond motifs is 2. The number of ether oxygens (including phenoxy) is 1. The van der Waals surface area contributed by atoms with Gasteiger partial charge in [0.1, 0.15) is 11.3 Å². The SMILES string of the molecule is CC1(CC(=O)O)Oc2ccc(Cl)cc2N(c2nc3c(Cl)cc(Cl)cc3s2)C1=O. The van der Waals surface area contributed by atoms with Gasteiger partial charge in [0.05, 0.1) is 21.8 Å². The number of amides is 1.